The van der Waals surface area contributed by atoms with E-state index < -0.39 is 0 Å². The Morgan fingerprint density at radius 2 is 2.27 bits per heavy atom. The van der Waals surface area contributed by atoms with Gasteiger partial charge in [0.1, 0.15) is 0 Å². The topological polar surface area (TPSA) is 80.9 Å². The maximum absolute atomic E-state index is 12.1. The second-order valence-corrected chi connectivity index (χ2v) is 5.02. The Labute approximate surface area is 128 Å². The molecule has 1 amide bonds. The molecule has 2 rings (SSSR count). The van der Waals surface area contributed by atoms with Gasteiger partial charge in [-0.3, -0.25) is 14.1 Å². The van der Waals surface area contributed by atoms with Crippen LogP contribution in [0.3, 0.4) is 0 Å². The van der Waals surface area contributed by atoms with Crippen LogP contribution in [0.5, 0.6) is 0 Å². The Balaban J connectivity index is 1.85. The second kappa shape index (κ2) is 7.71. The third kappa shape index (κ3) is 4.15. The minimum absolute atomic E-state index is 0.0677. The van der Waals surface area contributed by atoms with Gasteiger partial charge < -0.3 is 10.1 Å². The molecule has 0 aliphatic heterocycles. The molecule has 1 N–H and O–H groups in total. The van der Waals surface area contributed by atoms with Crippen molar-refractivity contribution in [3.05, 3.63) is 34.9 Å². The van der Waals surface area contributed by atoms with E-state index in [2.05, 4.69) is 10.4 Å². The average Bonchev–Trinajstić information content (AvgIpc) is 2.82. The van der Waals surface area contributed by atoms with Crippen molar-refractivity contribution in [1.82, 2.24) is 24.4 Å². The number of ether oxygens (including phenoxy) is 1. The molecular weight excluding hydrogens is 286 g/mol. The van der Waals surface area contributed by atoms with Gasteiger partial charge in [-0.1, -0.05) is 6.07 Å². The van der Waals surface area contributed by atoms with Crippen molar-refractivity contribution in [2.75, 3.05) is 40.4 Å². The van der Waals surface area contributed by atoms with Crippen LogP contribution in [0.4, 0.5) is 0 Å². The van der Waals surface area contributed by atoms with Gasteiger partial charge in [-0.25, -0.2) is 9.48 Å². The van der Waals surface area contributed by atoms with E-state index in [0.717, 1.165) is 0 Å². The van der Waals surface area contributed by atoms with Crippen LogP contribution >= 0.6 is 0 Å². The molecule has 0 atom stereocenters. The molecule has 2 heterocycles. The van der Waals surface area contributed by atoms with Gasteiger partial charge in [0.05, 0.1) is 19.7 Å². The molecule has 0 unspecified atom stereocenters. The van der Waals surface area contributed by atoms with Crippen LogP contribution < -0.4 is 11.0 Å². The lowest BCUT2D eigenvalue weighted by Gasteiger charge is -2.15. The van der Waals surface area contributed by atoms with E-state index in [1.165, 1.54) is 9.08 Å². The molecule has 0 radical (unpaired) electrons. The van der Waals surface area contributed by atoms with Crippen molar-refractivity contribution in [3.8, 4) is 0 Å². The summed E-state index contributed by atoms with van der Waals surface area (Å²) in [5.74, 6) is -0.0677. The number of nitrogens with zero attached hydrogens (tertiary/aromatic N) is 4. The van der Waals surface area contributed by atoms with Crippen molar-refractivity contribution in [2.45, 2.75) is 6.54 Å². The number of carbonyl (C=O) groups is 1. The highest BCUT2D eigenvalue weighted by Gasteiger charge is 2.09. The van der Waals surface area contributed by atoms with Crippen LogP contribution in [0.1, 0.15) is 0 Å². The molecule has 0 aliphatic rings. The molecule has 0 aromatic carbocycles. The Bertz CT molecular complexity index is 678. The van der Waals surface area contributed by atoms with Crippen molar-refractivity contribution in [2.24, 2.45) is 0 Å². The van der Waals surface area contributed by atoms with Crippen LogP contribution in [-0.4, -0.2) is 65.4 Å². The summed E-state index contributed by atoms with van der Waals surface area (Å²) >= 11 is 0. The molecule has 0 saturated carbocycles. The van der Waals surface area contributed by atoms with Gasteiger partial charge >= 0.3 is 5.69 Å². The lowest BCUT2D eigenvalue weighted by atomic mass is 10.4. The Morgan fingerprint density at radius 3 is 3.00 bits per heavy atom. The lowest BCUT2D eigenvalue weighted by Crippen LogP contribution is -2.38. The first kappa shape index (κ1) is 16.2. The summed E-state index contributed by atoms with van der Waals surface area (Å²) in [6.07, 6.45) is 1.69. The number of carbonyl (C=O) groups excluding carboxylic acids is 1. The number of hydrogen-bond donors (Lipinski definition) is 1. The molecule has 0 spiro atoms. The summed E-state index contributed by atoms with van der Waals surface area (Å²) in [7, 11) is 3.42. The van der Waals surface area contributed by atoms with Gasteiger partial charge in [0.2, 0.25) is 5.91 Å². The van der Waals surface area contributed by atoms with E-state index in [4.69, 9.17) is 4.74 Å². The number of methoxy groups -OCH3 is 1. The SMILES string of the molecule is COCCNC(=O)CN(C)CCn1nc2ccccn2c1=O. The van der Waals surface area contributed by atoms with Crippen LogP contribution in [0.2, 0.25) is 0 Å². The van der Waals surface area contributed by atoms with E-state index in [9.17, 15) is 9.59 Å². The third-order valence-electron chi connectivity index (χ3n) is 3.22. The molecule has 0 aliphatic carbocycles. The Morgan fingerprint density at radius 1 is 1.45 bits per heavy atom. The minimum atomic E-state index is -0.173. The molecule has 8 heteroatoms. The van der Waals surface area contributed by atoms with Crippen LogP contribution in [0.15, 0.2) is 29.2 Å². The maximum atomic E-state index is 12.1. The number of rotatable bonds is 8. The summed E-state index contributed by atoms with van der Waals surface area (Å²) in [4.78, 5) is 25.6. The third-order valence-corrected chi connectivity index (χ3v) is 3.22. The largest absolute Gasteiger partial charge is 0.383 e. The van der Waals surface area contributed by atoms with Crippen molar-refractivity contribution in [3.63, 3.8) is 0 Å². The Kier molecular flexibility index (Phi) is 5.68. The summed E-state index contributed by atoms with van der Waals surface area (Å²) in [5.41, 5.74) is 0.445. The summed E-state index contributed by atoms with van der Waals surface area (Å²) < 4.78 is 7.78. The highest BCUT2D eigenvalue weighted by atomic mass is 16.5. The van der Waals surface area contributed by atoms with E-state index in [1.807, 2.05) is 18.0 Å². The van der Waals surface area contributed by atoms with E-state index in [-0.39, 0.29) is 18.1 Å². The fraction of sp³-hybridized carbons (Fsp3) is 0.500. The normalized spacial score (nSPS) is 11.2. The lowest BCUT2D eigenvalue weighted by molar-refractivity contribution is -0.122. The summed E-state index contributed by atoms with van der Waals surface area (Å²) in [5, 5.41) is 7.00. The molecule has 120 valence electrons. The van der Waals surface area contributed by atoms with Gasteiger partial charge in [0.15, 0.2) is 5.65 Å². The van der Waals surface area contributed by atoms with Crippen molar-refractivity contribution < 1.29 is 9.53 Å². The number of aromatic nitrogens is 3. The zero-order valence-electron chi connectivity index (χ0n) is 12.9. The van der Waals surface area contributed by atoms with Crippen LogP contribution in [0, 0.1) is 0 Å². The van der Waals surface area contributed by atoms with Gasteiger partial charge in [0.25, 0.3) is 0 Å². The molecule has 0 bridgehead atoms. The van der Waals surface area contributed by atoms with Crippen molar-refractivity contribution in [1.29, 1.82) is 0 Å². The monoisotopic (exact) mass is 307 g/mol. The van der Waals surface area contributed by atoms with E-state index >= 15 is 0 Å². The van der Waals surface area contributed by atoms with Crippen LogP contribution in [-0.2, 0) is 16.1 Å². The Hall–Kier alpha value is -2.19. The number of nitrogens with one attached hydrogen (secondary N) is 1. The maximum Gasteiger partial charge on any atom is 0.350 e. The summed E-state index contributed by atoms with van der Waals surface area (Å²) in [6.45, 7) is 2.25. The average molecular weight is 307 g/mol. The zero-order chi connectivity index (χ0) is 15.9. The first-order chi connectivity index (χ1) is 10.6. The molecule has 8 nitrogen and oxygen atoms in total. The summed E-state index contributed by atoms with van der Waals surface area (Å²) in [6, 6.07) is 5.41. The van der Waals surface area contributed by atoms with E-state index in [1.54, 1.807) is 25.4 Å². The fourth-order valence-electron chi connectivity index (χ4n) is 2.05. The molecule has 0 fully saturated rings. The predicted octanol–water partition coefficient (Wildman–Crippen LogP) is -0.810. The number of hydrogen-bond acceptors (Lipinski definition) is 5. The van der Waals surface area contributed by atoms with E-state index in [0.29, 0.717) is 31.9 Å². The van der Waals surface area contributed by atoms with Crippen molar-refractivity contribution >= 4 is 11.6 Å². The van der Waals surface area contributed by atoms with Gasteiger partial charge in [0, 0.05) is 26.4 Å². The molecule has 2 aromatic heterocycles. The van der Waals surface area contributed by atoms with Gasteiger partial charge in [-0.05, 0) is 19.2 Å². The smallest absolute Gasteiger partial charge is 0.350 e. The molecule has 2 aromatic rings. The first-order valence-corrected chi connectivity index (χ1v) is 7.10. The number of amides is 1. The van der Waals surface area contributed by atoms with Crippen LogP contribution in [0.25, 0.3) is 5.65 Å². The zero-order valence-corrected chi connectivity index (χ0v) is 12.9. The number of likely N-dealkylation sites (N-methyl/N-ethyl adjacent to an activating group) is 1. The molecular formula is C14H21N5O3. The quantitative estimate of drug-likeness (QED) is 0.645. The second-order valence-electron chi connectivity index (χ2n) is 5.02. The first-order valence-electron chi connectivity index (χ1n) is 7.10. The predicted molar refractivity (Wildman–Crippen MR) is 81.8 cm³/mol. The molecule has 22 heavy (non-hydrogen) atoms. The number of fused-ring (bicyclic) bond motifs is 1. The van der Waals surface area contributed by atoms with Gasteiger partial charge in [-0.2, -0.15) is 0 Å². The molecule has 0 saturated heterocycles. The number of pyridine rings is 1. The fourth-order valence-corrected chi connectivity index (χ4v) is 2.05. The minimum Gasteiger partial charge on any atom is -0.383 e. The highest BCUT2D eigenvalue weighted by molar-refractivity contribution is 5.77. The van der Waals surface area contributed by atoms with Gasteiger partial charge in [-0.15, -0.1) is 5.10 Å². The standard InChI is InChI=1S/C14H21N5O3/c1-17(11-13(20)15-6-10-22-2)8-9-19-14(21)18-7-4-3-5-12(18)16-19/h3-5,7H,6,8-11H2,1-2H3,(H,15,20). The highest BCUT2D eigenvalue weighted by Crippen LogP contribution is 1.95.